The number of ketones is 1. The van der Waals surface area contributed by atoms with E-state index in [-0.39, 0.29) is 28.5 Å². The molecule has 0 spiro atoms. The Hall–Kier alpha value is -4.66. The van der Waals surface area contributed by atoms with Crippen LogP contribution < -0.4 is 19.7 Å². The Morgan fingerprint density at radius 1 is 1.00 bits per heavy atom. The third-order valence-electron chi connectivity index (χ3n) is 5.58. The van der Waals surface area contributed by atoms with E-state index in [0.29, 0.717) is 16.9 Å². The van der Waals surface area contributed by atoms with Crippen molar-refractivity contribution in [2.24, 2.45) is 0 Å². The van der Waals surface area contributed by atoms with Crippen LogP contribution in [0.15, 0.2) is 72.6 Å². The number of anilines is 2. The molecule has 1 aliphatic heterocycles. The Morgan fingerprint density at radius 3 is 2.23 bits per heavy atom. The molecule has 2 amide bonds. The van der Waals surface area contributed by atoms with Crippen molar-refractivity contribution in [2.75, 3.05) is 24.4 Å². The van der Waals surface area contributed by atoms with Gasteiger partial charge in [-0.3, -0.25) is 24.3 Å². The van der Waals surface area contributed by atoms with E-state index in [0.717, 1.165) is 0 Å². The third-order valence-corrected chi connectivity index (χ3v) is 5.58. The Morgan fingerprint density at radius 2 is 1.63 bits per heavy atom. The van der Waals surface area contributed by atoms with Crippen molar-refractivity contribution in [1.82, 2.24) is 4.98 Å². The Bertz CT molecular complexity index is 1310. The summed E-state index contributed by atoms with van der Waals surface area (Å²) in [6, 6.07) is 13.8. The molecule has 1 aromatic heterocycles. The van der Waals surface area contributed by atoms with Crippen LogP contribution in [0.5, 0.6) is 11.5 Å². The second-order valence-corrected chi connectivity index (χ2v) is 7.72. The van der Waals surface area contributed by atoms with Crippen molar-refractivity contribution in [1.29, 1.82) is 0 Å². The van der Waals surface area contributed by atoms with E-state index < -0.39 is 23.5 Å². The maximum atomic E-state index is 13.4. The predicted molar refractivity (Wildman–Crippen MR) is 129 cm³/mol. The number of pyridine rings is 1. The van der Waals surface area contributed by atoms with Gasteiger partial charge in [0, 0.05) is 30.7 Å². The second kappa shape index (κ2) is 9.68. The van der Waals surface area contributed by atoms with Gasteiger partial charge in [-0.1, -0.05) is 12.1 Å². The molecule has 1 fully saturated rings. The molecule has 1 atom stereocenters. The van der Waals surface area contributed by atoms with Crippen molar-refractivity contribution in [3.8, 4) is 11.5 Å². The molecule has 1 aliphatic rings. The van der Waals surface area contributed by atoms with E-state index in [1.54, 1.807) is 54.6 Å². The summed E-state index contributed by atoms with van der Waals surface area (Å²) in [6.07, 6.45) is 3.07. The summed E-state index contributed by atoms with van der Waals surface area (Å²) in [5, 5.41) is 14.1. The molecule has 2 aromatic carbocycles. The topological polar surface area (TPSA) is 118 Å². The quantitative estimate of drug-likeness (QED) is 0.318. The maximum Gasteiger partial charge on any atom is 0.300 e. The molecule has 178 valence electrons. The number of methoxy groups -OCH3 is 2. The van der Waals surface area contributed by atoms with E-state index >= 15 is 0 Å². The van der Waals surface area contributed by atoms with Gasteiger partial charge in [0.2, 0.25) is 5.91 Å². The summed E-state index contributed by atoms with van der Waals surface area (Å²) < 4.78 is 10.8. The number of carbonyl (C=O) groups excluding carboxylic acids is 3. The Labute approximate surface area is 201 Å². The van der Waals surface area contributed by atoms with Crippen molar-refractivity contribution in [2.45, 2.75) is 13.0 Å². The number of benzene rings is 2. The van der Waals surface area contributed by atoms with Crippen molar-refractivity contribution < 1.29 is 29.0 Å². The first-order valence-electron chi connectivity index (χ1n) is 10.7. The monoisotopic (exact) mass is 473 g/mol. The number of rotatable bonds is 6. The average Bonchev–Trinajstić information content (AvgIpc) is 3.13. The fraction of sp³-hybridized carbons (Fsp3) is 0.154. The highest BCUT2D eigenvalue weighted by Gasteiger charge is 2.47. The zero-order valence-corrected chi connectivity index (χ0v) is 19.3. The zero-order chi connectivity index (χ0) is 25.1. The lowest BCUT2D eigenvalue weighted by Gasteiger charge is -2.26. The molecule has 1 unspecified atom stereocenters. The first kappa shape index (κ1) is 23.5. The van der Waals surface area contributed by atoms with E-state index in [1.165, 1.54) is 38.4 Å². The highest BCUT2D eigenvalue weighted by Crippen LogP contribution is 2.45. The van der Waals surface area contributed by atoms with Gasteiger partial charge in [0.05, 0.1) is 25.8 Å². The largest absolute Gasteiger partial charge is 0.506 e. The lowest BCUT2D eigenvalue weighted by Crippen LogP contribution is -2.29. The van der Waals surface area contributed by atoms with E-state index in [1.807, 2.05) is 0 Å². The van der Waals surface area contributed by atoms with Crippen LogP contribution in [0.2, 0.25) is 0 Å². The fourth-order valence-corrected chi connectivity index (χ4v) is 4.12. The number of hydrogen-bond donors (Lipinski definition) is 2. The van der Waals surface area contributed by atoms with E-state index in [2.05, 4.69) is 10.3 Å². The van der Waals surface area contributed by atoms with Gasteiger partial charge in [-0.05, 0) is 48.0 Å². The van der Waals surface area contributed by atoms with Crippen LogP contribution >= 0.6 is 0 Å². The van der Waals surface area contributed by atoms with Gasteiger partial charge >= 0.3 is 0 Å². The lowest BCUT2D eigenvalue weighted by molar-refractivity contribution is -0.132. The Kier molecular flexibility index (Phi) is 6.50. The van der Waals surface area contributed by atoms with Gasteiger partial charge in [0.1, 0.15) is 22.8 Å². The molecule has 2 heterocycles. The second-order valence-electron chi connectivity index (χ2n) is 7.72. The number of aliphatic hydroxyl groups excluding tert-OH is 1. The summed E-state index contributed by atoms with van der Waals surface area (Å²) in [5.74, 6) is -1.87. The predicted octanol–water partition coefficient (Wildman–Crippen LogP) is 3.68. The van der Waals surface area contributed by atoms with Crippen LogP contribution in [0.25, 0.3) is 5.76 Å². The van der Waals surface area contributed by atoms with Crippen LogP contribution in [0.3, 0.4) is 0 Å². The molecule has 2 N–H and O–H groups in total. The molecular weight excluding hydrogens is 450 g/mol. The van der Waals surface area contributed by atoms with Gasteiger partial charge in [-0.15, -0.1) is 0 Å². The van der Waals surface area contributed by atoms with Crippen molar-refractivity contribution >= 4 is 34.7 Å². The number of Topliss-reactive ketones (excluding diaryl/α,β-unsaturated/α-hetero) is 1. The molecule has 4 rings (SSSR count). The number of carbonyl (C=O) groups is 3. The highest BCUT2D eigenvalue weighted by atomic mass is 16.5. The first-order chi connectivity index (χ1) is 16.9. The summed E-state index contributed by atoms with van der Waals surface area (Å²) in [6.45, 7) is 1.37. The van der Waals surface area contributed by atoms with E-state index in [9.17, 15) is 19.5 Å². The number of nitrogens with one attached hydrogen (secondary N) is 1. The number of ether oxygens (including phenoxy) is 2. The van der Waals surface area contributed by atoms with Crippen LogP contribution in [-0.4, -0.2) is 41.9 Å². The van der Waals surface area contributed by atoms with Gasteiger partial charge in [0.15, 0.2) is 0 Å². The molecule has 9 nitrogen and oxygen atoms in total. The molecule has 1 saturated heterocycles. The molecule has 35 heavy (non-hydrogen) atoms. The van der Waals surface area contributed by atoms with Crippen LogP contribution in [-0.2, 0) is 14.4 Å². The number of aliphatic hydroxyl groups is 1. The smallest absolute Gasteiger partial charge is 0.300 e. The minimum Gasteiger partial charge on any atom is -0.506 e. The molecule has 0 bridgehead atoms. The highest BCUT2D eigenvalue weighted by molar-refractivity contribution is 6.51. The van der Waals surface area contributed by atoms with Gasteiger partial charge in [-0.2, -0.15) is 0 Å². The lowest BCUT2D eigenvalue weighted by atomic mass is 9.95. The average molecular weight is 473 g/mol. The standard InChI is InChI=1S/C26H23N3O6/c1-15(30)28-17-6-4-7-18(14-17)29-23(16-10-12-27-13-11-16)22(25(32)26(29)33)24(31)21-19(34-2)8-5-9-20(21)35-3/h4-14,23,31H,1-3H3,(H,28,30)/b24-22+. The van der Waals surface area contributed by atoms with Crippen molar-refractivity contribution in [3.63, 3.8) is 0 Å². The molecule has 3 aromatic rings. The van der Waals surface area contributed by atoms with E-state index in [4.69, 9.17) is 9.47 Å². The Balaban J connectivity index is 1.97. The molecule has 0 aliphatic carbocycles. The van der Waals surface area contributed by atoms with Crippen LogP contribution in [0, 0.1) is 0 Å². The van der Waals surface area contributed by atoms with Crippen LogP contribution in [0.1, 0.15) is 24.1 Å². The summed E-state index contributed by atoms with van der Waals surface area (Å²) in [7, 11) is 2.86. The third kappa shape index (κ3) is 4.31. The molecule has 0 saturated carbocycles. The SMILES string of the molecule is COc1cccc(OC)c1/C(O)=C1\C(=O)C(=O)N(c2cccc(NC(C)=O)c2)C1c1ccncc1. The molecule has 0 radical (unpaired) electrons. The number of hydrogen-bond acceptors (Lipinski definition) is 7. The zero-order valence-electron chi connectivity index (χ0n) is 19.3. The number of aromatic nitrogens is 1. The normalized spacial score (nSPS) is 16.8. The van der Waals surface area contributed by atoms with Gasteiger partial charge in [0.25, 0.3) is 11.7 Å². The minimum absolute atomic E-state index is 0.131. The molecule has 9 heteroatoms. The van der Waals surface area contributed by atoms with Crippen molar-refractivity contribution in [3.05, 3.63) is 83.7 Å². The summed E-state index contributed by atoms with van der Waals surface area (Å²) in [5.41, 5.74) is 1.40. The minimum atomic E-state index is -0.972. The maximum absolute atomic E-state index is 13.4. The number of amides is 2. The fourth-order valence-electron chi connectivity index (χ4n) is 4.12. The van der Waals surface area contributed by atoms with Gasteiger partial charge < -0.3 is 19.9 Å². The molecular formula is C26H23N3O6. The summed E-state index contributed by atoms with van der Waals surface area (Å²) in [4.78, 5) is 43.6. The van der Waals surface area contributed by atoms with Crippen LogP contribution in [0.4, 0.5) is 11.4 Å². The number of nitrogens with zero attached hydrogens (tertiary/aromatic N) is 2. The van der Waals surface area contributed by atoms with Gasteiger partial charge in [-0.25, -0.2) is 0 Å². The first-order valence-corrected chi connectivity index (χ1v) is 10.7. The summed E-state index contributed by atoms with van der Waals surface area (Å²) >= 11 is 0.